The molecule has 0 fully saturated rings. The highest BCUT2D eigenvalue weighted by atomic mass is 127. The molecule has 1 unspecified atom stereocenters. The van der Waals surface area contributed by atoms with Crippen molar-refractivity contribution in [2.24, 2.45) is 4.99 Å². The molecule has 27 heavy (non-hydrogen) atoms. The van der Waals surface area contributed by atoms with Gasteiger partial charge in [0, 0.05) is 26.1 Å². The number of aromatic nitrogens is 3. The molecule has 148 valence electrons. The number of ether oxygens (including phenoxy) is 1. The molecule has 0 saturated carbocycles. The van der Waals surface area contributed by atoms with Crippen molar-refractivity contribution in [2.75, 3.05) is 20.2 Å². The zero-order chi connectivity index (χ0) is 18.4. The lowest BCUT2D eigenvalue weighted by Crippen LogP contribution is -2.47. The Bertz CT molecular complexity index is 760. The highest BCUT2D eigenvalue weighted by molar-refractivity contribution is 14.0. The summed E-state index contributed by atoms with van der Waals surface area (Å²) in [5, 5.41) is 11.3. The third-order valence-electron chi connectivity index (χ3n) is 4.49. The maximum Gasteiger partial charge on any atom is 0.191 e. The van der Waals surface area contributed by atoms with Crippen LogP contribution in [0.25, 0.3) is 0 Å². The largest absolute Gasteiger partial charge is 0.493 e. The normalized spacial score (nSPS) is 16.3. The predicted molar refractivity (Wildman–Crippen MR) is 118 cm³/mol. The van der Waals surface area contributed by atoms with Crippen molar-refractivity contribution in [1.82, 2.24) is 25.4 Å². The van der Waals surface area contributed by atoms with Gasteiger partial charge in [-0.2, -0.15) is 5.10 Å². The molecule has 2 heterocycles. The number of rotatable bonds is 6. The van der Waals surface area contributed by atoms with E-state index in [9.17, 15) is 0 Å². The fourth-order valence-corrected chi connectivity index (χ4v) is 3.12. The number of para-hydroxylation sites is 1. The predicted octanol–water partition coefficient (Wildman–Crippen LogP) is 2.46. The Kier molecular flexibility index (Phi) is 8.33. The summed E-state index contributed by atoms with van der Waals surface area (Å²) in [7, 11) is 1.80. The molecule has 1 aliphatic rings. The van der Waals surface area contributed by atoms with E-state index in [4.69, 9.17) is 4.74 Å². The van der Waals surface area contributed by atoms with Crippen LogP contribution in [0.5, 0.6) is 5.75 Å². The number of nitrogens with zero attached hydrogens (tertiary/aromatic N) is 4. The highest BCUT2D eigenvalue weighted by Crippen LogP contribution is 2.16. The molecule has 1 aliphatic heterocycles. The topological polar surface area (TPSA) is 76.4 Å². The molecule has 7 nitrogen and oxygen atoms in total. The van der Waals surface area contributed by atoms with Crippen LogP contribution in [0.15, 0.2) is 29.3 Å². The van der Waals surface area contributed by atoms with Gasteiger partial charge in [0.2, 0.25) is 0 Å². The lowest BCUT2D eigenvalue weighted by molar-refractivity contribution is 0.309. The Labute approximate surface area is 178 Å². The van der Waals surface area contributed by atoms with E-state index in [0.29, 0.717) is 12.6 Å². The molecule has 8 heteroatoms. The van der Waals surface area contributed by atoms with E-state index in [1.807, 2.05) is 29.8 Å². The number of guanidine groups is 1. The molecule has 2 N–H and O–H groups in total. The van der Waals surface area contributed by atoms with Crippen molar-refractivity contribution >= 4 is 29.9 Å². The van der Waals surface area contributed by atoms with Gasteiger partial charge in [-0.05, 0) is 38.3 Å². The van der Waals surface area contributed by atoms with E-state index in [2.05, 4.69) is 38.7 Å². The van der Waals surface area contributed by atoms with Crippen molar-refractivity contribution in [3.05, 3.63) is 41.5 Å². The second kappa shape index (κ2) is 10.5. The van der Waals surface area contributed by atoms with Crippen LogP contribution in [0.1, 0.15) is 30.1 Å². The molecule has 2 aromatic rings. The average molecular weight is 484 g/mol. The van der Waals surface area contributed by atoms with Gasteiger partial charge in [-0.25, -0.2) is 9.67 Å². The molecule has 0 bridgehead atoms. The van der Waals surface area contributed by atoms with Gasteiger partial charge in [0.1, 0.15) is 17.4 Å². The quantitative estimate of drug-likeness (QED) is 0.285. The molecule has 3 rings (SSSR count). The Morgan fingerprint density at radius 1 is 1.33 bits per heavy atom. The minimum Gasteiger partial charge on any atom is -0.493 e. The average Bonchev–Trinajstić information content (AvgIpc) is 3.01. The van der Waals surface area contributed by atoms with Crippen LogP contribution in [-0.2, 0) is 13.0 Å². The summed E-state index contributed by atoms with van der Waals surface area (Å²) in [5.74, 6) is 3.70. The van der Waals surface area contributed by atoms with E-state index in [1.54, 1.807) is 7.05 Å². The van der Waals surface area contributed by atoms with E-state index < -0.39 is 0 Å². The number of hydrogen-bond donors (Lipinski definition) is 2. The third-order valence-corrected chi connectivity index (χ3v) is 4.49. The minimum atomic E-state index is 0. The molecular formula is C19H29IN6O. The first-order valence-electron chi connectivity index (χ1n) is 9.21. The van der Waals surface area contributed by atoms with E-state index in [1.165, 1.54) is 0 Å². The van der Waals surface area contributed by atoms with Crippen molar-refractivity contribution in [2.45, 2.75) is 45.7 Å². The highest BCUT2D eigenvalue weighted by Gasteiger charge is 2.21. The molecule has 1 aromatic carbocycles. The zero-order valence-electron chi connectivity index (χ0n) is 16.2. The maximum absolute atomic E-state index is 5.82. The van der Waals surface area contributed by atoms with Crippen LogP contribution in [0, 0.1) is 13.8 Å². The number of hydrogen-bond acceptors (Lipinski definition) is 4. The van der Waals surface area contributed by atoms with Crippen LogP contribution in [0.3, 0.4) is 0 Å². The monoisotopic (exact) mass is 484 g/mol. The molecule has 0 spiro atoms. The number of aryl methyl sites for hydroxylation is 3. The van der Waals surface area contributed by atoms with Gasteiger partial charge in [-0.3, -0.25) is 4.99 Å². The van der Waals surface area contributed by atoms with E-state index in [0.717, 1.165) is 61.3 Å². The first-order valence-corrected chi connectivity index (χ1v) is 9.21. The minimum absolute atomic E-state index is 0. The maximum atomic E-state index is 5.82. The van der Waals surface area contributed by atoms with Gasteiger partial charge in [0.25, 0.3) is 0 Å². The lowest BCUT2D eigenvalue weighted by atomic mass is 10.1. The fourth-order valence-electron chi connectivity index (χ4n) is 3.12. The lowest BCUT2D eigenvalue weighted by Gasteiger charge is -2.25. The van der Waals surface area contributed by atoms with Crippen LogP contribution in [-0.4, -0.2) is 47.0 Å². The Morgan fingerprint density at radius 3 is 2.93 bits per heavy atom. The second-order valence-electron chi connectivity index (χ2n) is 6.60. The summed E-state index contributed by atoms with van der Waals surface area (Å²) in [6, 6.07) is 8.41. The van der Waals surface area contributed by atoms with Gasteiger partial charge in [-0.1, -0.05) is 18.2 Å². The Balaban J connectivity index is 0.00000261. The Morgan fingerprint density at radius 2 is 2.15 bits per heavy atom. The second-order valence-corrected chi connectivity index (χ2v) is 6.60. The molecule has 0 amide bonds. The number of nitrogens with one attached hydrogen (secondary N) is 2. The van der Waals surface area contributed by atoms with Crippen molar-refractivity contribution in [1.29, 1.82) is 0 Å². The van der Waals surface area contributed by atoms with Gasteiger partial charge >= 0.3 is 0 Å². The van der Waals surface area contributed by atoms with Crippen molar-refractivity contribution < 1.29 is 4.74 Å². The smallest absolute Gasteiger partial charge is 0.191 e. The molecule has 0 saturated heterocycles. The summed E-state index contributed by atoms with van der Waals surface area (Å²) in [5.41, 5.74) is 1.16. The van der Waals surface area contributed by atoms with Crippen molar-refractivity contribution in [3.8, 4) is 5.75 Å². The number of benzene rings is 1. The number of fused-ring (bicyclic) bond motifs is 1. The van der Waals surface area contributed by atoms with Gasteiger partial charge in [0.15, 0.2) is 5.96 Å². The first-order chi connectivity index (χ1) is 12.7. The molecule has 1 aromatic heterocycles. The standard InChI is InChI=1S/C19H28N6O.HI/c1-14-7-4-5-8-17(14)26-12-6-11-21-19(20-3)23-16-9-10-18-22-15(2)24-25(18)13-16;/h4-5,7-8,16H,6,9-13H2,1-3H3,(H2,20,21,23);1H. The van der Waals surface area contributed by atoms with Gasteiger partial charge < -0.3 is 15.4 Å². The van der Waals surface area contributed by atoms with Gasteiger partial charge in [-0.15, -0.1) is 24.0 Å². The number of halogens is 1. The summed E-state index contributed by atoms with van der Waals surface area (Å²) in [4.78, 5) is 8.77. The van der Waals surface area contributed by atoms with E-state index in [-0.39, 0.29) is 24.0 Å². The van der Waals surface area contributed by atoms with Crippen LogP contribution in [0.4, 0.5) is 0 Å². The van der Waals surface area contributed by atoms with Crippen LogP contribution < -0.4 is 15.4 Å². The first kappa shape index (κ1) is 21.5. The van der Waals surface area contributed by atoms with E-state index >= 15 is 0 Å². The summed E-state index contributed by atoms with van der Waals surface area (Å²) >= 11 is 0. The summed E-state index contributed by atoms with van der Waals surface area (Å²) in [6.07, 6.45) is 2.89. The zero-order valence-corrected chi connectivity index (χ0v) is 18.6. The summed E-state index contributed by atoms with van der Waals surface area (Å²) in [6.45, 7) is 6.32. The third kappa shape index (κ3) is 6.08. The molecule has 1 atom stereocenters. The molecular weight excluding hydrogens is 455 g/mol. The SMILES string of the molecule is CN=C(NCCCOc1ccccc1C)NC1CCc2nc(C)nn2C1.I. The van der Waals surface area contributed by atoms with Gasteiger partial charge in [0.05, 0.1) is 13.2 Å². The van der Waals surface area contributed by atoms with Crippen LogP contribution in [0.2, 0.25) is 0 Å². The summed E-state index contributed by atoms with van der Waals surface area (Å²) < 4.78 is 7.82. The van der Waals surface area contributed by atoms with Crippen molar-refractivity contribution in [3.63, 3.8) is 0 Å². The Hall–Kier alpha value is -1.84. The van der Waals surface area contributed by atoms with Crippen LogP contribution >= 0.6 is 24.0 Å². The fraction of sp³-hybridized carbons (Fsp3) is 0.526. The molecule has 0 radical (unpaired) electrons. The molecule has 0 aliphatic carbocycles. The number of aliphatic imine (C=N–C) groups is 1.